The summed E-state index contributed by atoms with van der Waals surface area (Å²) in [4.78, 5) is 0.412. The lowest BCUT2D eigenvalue weighted by atomic mass is 10.2. The molecule has 0 fully saturated rings. The zero-order valence-corrected chi connectivity index (χ0v) is 6.48. The van der Waals surface area contributed by atoms with Gasteiger partial charge in [0.2, 0.25) is 0 Å². The van der Waals surface area contributed by atoms with Gasteiger partial charge in [-0.3, -0.25) is 0 Å². The van der Waals surface area contributed by atoms with Crippen molar-refractivity contribution in [1.29, 1.82) is 0 Å². The Kier molecular flexibility index (Phi) is 1.57. The molecule has 2 nitrogen and oxygen atoms in total. The standard InChI is InChI=1S/C7H8O2S/c1-3-7-4-6(2)10(8,9)5-7/h1,4,7H,5H2,2H3. The predicted molar refractivity (Wildman–Crippen MR) is 39.9 cm³/mol. The second-order valence-electron chi connectivity index (χ2n) is 2.33. The molecule has 1 rings (SSSR count). The molecule has 10 heavy (non-hydrogen) atoms. The van der Waals surface area contributed by atoms with Gasteiger partial charge < -0.3 is 0 Å². The zero-order valence-electron chi connectivity index (χ0n) is 5.66. The van der Waals surface area contributed by atoms with E-state index in [2.05, 4.69) is 5.92 Å². The van der Waals surface area contributed by atoms with Gasteiger partial charge in [-0.15, -0.1) is 6.42 Å². The van der Waals surface area contributed by atoms with Crippen molar-refractivity contribution in [3.05, 3.63) is 11.0 Å². The van der Waals surface area contributed by atoms with E-state index >= 15 is 0 Å². The van der Waals surface area contributed by atoms with Crippen LogP contribution in [0.15, 0.2) is 11.0 Å². The van der Waals surface area contributed by atoms with E-state index in [-0.39, 0.29) is 11.7 Å². The van der Waals surface area contributed by atoms with E-state index in [0.717, 1.165) is 0 Å². The van der Waals surface area contributed by atoms with E-state index in [1.165, 1.54) is 0 Å². The second-order valence-corrected chi connectivity index (χ2v) is 4.54. The fraction of sp³-hybridized carbons (Fsp3) is 0.429. The molecule has 0 saturated carbocycles. The first-order chi connectivity index (χ1) is 4.56. The van der Waals surface area contributed by atoms with Crippen molar-refractivity contribution in [2.45, 2.75) is 6.92 Å². The summed E-state index contributed by atoms with van der Waals surface area (Å²) >= 11 is 0. The third-order valence-electron chi connectivity index (χ3n) is 1.54. The largest absolute Gasteiger partial charge is 0.224 e. The molecule has 1 aliphatic heterocycles. The van der Waals surface area contributed by atoms with Crippen LogP contribution in [0.1, 0.15) is 6.92 Å². The minimum absolute atomic E-state index is 0.0926. The summed E-state index contributed by atoms with van der Waals surface area (Å²) in [5.41, 5.74) is 0. The summed E-state index contributed by atoms with van der Waals surface area (Å²) in [6, 6.07) is 0. The minimum atomic E-state index is -2.97. The molecule has 0 aliphatic carbocycles. The monoisotopic (exact) mass is 156 g/mol. The van der Waals surface area contributed by atoms with Crippen LogP contribution >= 0.6 is 0 Å². The first-order valence-corrected chi connectivity index (χ1v) is 4.59. The summed E-state index contributed by atoms with van der Waals surface area (Å²) in [5.74, 6) is 2.28. The van der Waals surface area contributed by atoms with Crippen LogP contribution in [0.25, 0.3) is 0 Å². The lowest BCUT2D eigenvalue weighted by Crippen LogP contribution is -2.04. The van der Waals surface area contributed by atoms with Gasteiger partial charge in [-0.1, -0.05) is 12.0 Å². The number of allylic oxidation sites excluding steroid dienone is 2. The first-order valence-electron chi connectivity index (χ1n) is 2.93. The SMILES string of the molecule is C#CC1C=C(C)S(=O)(=O)C1. The molecule has 1 aliphatic rings. The summed E-state index contributed by atoms with van der Waals surface area (Å²) in [5, 5.41) is 0. The molecular formula is C7H8O2S. The first kappa shape index (κ1) is 7.36. The molecule has 0 aromatic heterocycles. The van der Waals surface area contributed by atoms with E-state index in [1.807, 2.05) is 0 Å². The fourth-order valence-corrected chi connectivity index (χ4v) is 2.20. The van der Waals surface area contributed by atoms with E-state index in [1.54, 1.807) is 13.0 Å². The van der Waals surface area contributed by atoms with Crippen molar-refractivity contribution in [2.75, 3.05) is 5.75 Å². The number of terminal acetylenes is 1. The molecule has 1 atom stereocenters. The Morgan fingerprint density at radius 1 is 1.80 bits per heavy atom. The van der Waals surface area contributed by atoms with Gasteiger partial charge in [0, 0.05) is 4.91 Å². The van der Waals surface area contributed by atoms with Gasteiger partial charge in [0.15, 0.2) is 9.84 Å². The van der Waals surface area contributed by atoms with Crippen molar-refractivity contribution < 1.29 is 8.42 Å². The van der Waals surface area contributed by atoms with Gasteiger partial charge in [0.1, 0.15) is 0 Å². The molecule has 0 amide bonds. The second kappa shape index (κ2) is 2.14. The van der Waals surface area contributed by atoms with Crippen molar-refractivity contribution in [1.82, 2.24) is 0 Å². The number of rotatable bonds is 0. The van der Waals surface area contributed by atoms with Crippen LogP contribution in [0.3, 0.4) is 0 Å². The zero-order chi connectivity index (χ0) is 7.78. The maximum atomic E-state index is 11.0. The average molecular weight is 156 g/mol. The van der Waals surface area contributed by atoms with E-state index in [4.69, 9.17) is 6.42 Å². The molecular weight excluding hydrogens is 148 g/mol. The van der Waals surface area contributed by atoms with Crippen LogP contribution in [-0.2, 0) is 9.84 Å². The summed E-state index contributed by atoms with van der Waals surface area (Å²) in [6.45, 7) is 1.58. The van der Waals surface area contributed by atoms with Gasteiger partial charge in [-0.2, -0.15) is 0 Å². The lowest BCUT2D eigenvalue weighted by Gasteiger charge is -1.92. The van der Waals surface area contributed by atoms with Crippen LogP contribution in [0.5, 0.6) is 0 Å². The Labute approximate surface area is 60.9 Å². The highest BCUT2D eigenvalue weighted by molar-refractivity contribution is 7.95. The minimum Gasteiger partial charge on any atom is -0.224 e. The van der Waals surface area contributed by atoms with Gasteiger partial charge in [0.25, 0.3) is 0 Å². The Morgan fingerprint density at radius 3 is 2.60 bits per heavy atom. The van der Waals surface area contributed by atoms with Gasteiger partial charge in [-0.25, -0.2) is 8.42 Å². The van der Waals surface area contributed by atoms with Crippen molar-refractivity contribution in [3.63, 3.8) is 0 Å². The van der Waals surface area contributed by atoms with Gasteiger partial charge >= 0.3 is 0 Å². The van der Waals surface area contributed by atoms with Gasteiger partial charge in [0.05, 0.1) is 11.7 Å². The molecule has 1 heterocycles. The third-order valence-corrected chi connectivity index (χ3v) is 3.45. The molecule has 3 heteroatoms. The molecule has 1 unspecified atom stereocenters. The molecule has 0 N–H and O–H groups in total. The topological polar surface area (TPSA) is 34.1 Å². The van der Waals surface area contributed by atoms with E-state index in [0.29, 0.717) is 4.91 Å². The van der Waals surface area contributed by atoms with Crippen molar-refractivity contribution in [2.24, 2.45) is 5.92 Å². The Hall–Kier alpha value is -0.750. The third kappa shape index (κ3) is 1.07. The average Bonchev–Trinajstić information content (AvgIpc) is 2.08. The summed E-state index contributed by atoms with van der Waals surface area (Å²) < 4.78 is 21.9. The molecule has 0 saturated heterocycles. The Bertz CT molecular complexity index is 303. The number of hydrogen-bond donors (Lipinski definition) is 0. The number of sulfone groups is 1. The predicted octanol–water partition coefficient (Wildman–Crippen LogP) is 0.568. The van der Waals surface area contributed by atoms with Crippen LogP contribution in [-0.4, -0.2) is 14.2 Å². The maximum absolute atomic E-state index is 11.0. The summed E-state index contributed by atoms with van der Waals surface area (Å²) in [6.07, 6.45) is 6.68. The quantitative estimate of drug-likeness (QED) is 0.480. The molecule has 54 valence electrons. The highest BCUT2D eigenvalue weighted by atomic mass is 32.2. The van der Waals surface area contributed by atoms with E-state index in [9.17, 15) is 8.42 Å². The summed E-state index contributed by atoms with van der Waals surface area (Å²) in [7, 11) is -2.97. The molecule has 0 radical (unpaired) electrons. The normalized spacial score (nSPS) is 29.2. The fourth-order valence-electron chi connectivity index (χ4n) is 0.899. The molecule has 0 aromatic rings. The molecule has 0 bridgehead atoms. The molecule has 0 spiro atoms. The van der Waals surface area contributed by atoms with Crippen molar-refractivity contribution in [3.8, 4) is 12.3 Å². The number of hydrogen-bond acceptors (Lipinski definition) is 2. The van der Waals surface area contributed by atoms with Crippen LogP contribution in [0, 0.1) is 18.3 Å². The van der Waals surface area contributed by atoms with Gasteiger partial charge in [-0.05, 0) is 6.92 Å². The van der Waals surface area contributed by atoms with Crippen LogP contribution in [0.4, 0.5) is 0 Å². The Balaban J connectivity index is 3.03. The molecule has 0 aromatic carbocycles. The van der Waals surface area contributed by atoms with Crippen LogP contribution < -0.4 is 0 Å². The highest BCUT2D eigenvalue weighted by Gasteiger charge is 2.25. The lowest BCUT2D eigenvalue weighted by molar-refractivity contribution is 0.602. The maximum Gasteiger partial charge on any atom is 0.175 e. The highest BCUT2D eigenvalue weighted by Crippen LogP contribution is 2.21. The van der Waals surface area contributed by atoms with Crippen molar-refractivity contribution >= 4 is 9.84 Å². The Morgan fingerprint density at radius 2 is 2.40 bits per heavy atom. The van der Waals surface area contributed by atoms with E-state index < -0.39 is 9.84 Å². The van der Waals surface area contributed by atoms with Crippen LogP contribution in [0.2, 0.25) is 0 Å². The smallest absolute Gasteiger partial charge is 0.175 e.